The van der Waals surface area contributed by atoms with Crippen molar-refractivity contribution in [2.75, 3.05) is 0 Å². The first-order valence-electron chi connectivity index (χ1n) is 11.3. The van der Waals surface area contributed by atoms with Crippen LogP contribution in [-0.2, 0) is 38.7 Å². The fourth-order valence-corrected chi connectivity index (χ4v) is 3.48. The van der Waals surface area contributed by atoms with E-state index in [9.17, 15) is 0 Å². The van der Waals surface area contributed by atoms with Crippen molar-refractivity contribution in [1.29, 1.82) is 0 Å². The van der Waals surface area contributed by atoms with Crippen molar-refractivity contribution in [2.24, 2.45) is 21.1 Å². The Hall–Kier alpha value is -3.08. The van der Waals surface area contributed by atoms with Crippen LogP contribution in [0, 0.1) is 6.92 Å². The van der Waals surface area contributed by atoms with Crippen molar-refractivity contribution in [3.05, 3.63) is 104 Å². The maximum absolute atomic E-state index is 4.67. The molecule has 0 spiro atoms. The van der Waals surface area contributed by atoms with E-state index in [1.165, 1.54) is 23.1 Å². The second-order valence-corrected chi connectivity index (χ2v) is 7.86. The van der Waals surface area contributed by atoms with E-state index < -0.39 is 0 Å². The van der Waals surface area contributed by atoms with E-state index in [0.717, 1.165) is 34.4 Å². The molecule has 0 saturated carbocycles. The number of rotatable bonds is 2. The molecule has 0 aliphatic heterocycles. The topological polar surface area (TPSA) is 79.2 Å². The molecule has 0 amide bonds. The van der Waals surface area contributed by atoms with Gasteiger partial charge in [0.15, 0.2) is 11.6 Å². The van der Waals surface area contributed by atoms with Crippen LogP contribution in [0.15, 0.2) is 97.8 Å². The van der Waals surface area contributed by atoms with Crippen LogP contribution in [0.4, 0.5) is 0 Å². The number of fused-ring (bicyclic) bond motifs is 1. The molecule has 6 aromatic rings. The molecule has 12 heteroatoms. The van der Waals surface area contributed by atoms with E-state index in [1.807, 2.05) is 104 Å². The molecule has 0 aliphatic rings. The second-order valence-electron chi connectivity index (χ2n) is 7.86. The number of aryl methyl sites for hydroxylation is 4. The molecule has 0 radical (unpaired) electrons. The predicted molar refractivity (Wildman–Crippen MR) is 144 cm³/mol. The molecule has 39 heavy (non-hydrogen) atoms. The number of imidazole rings is 3. The van der Waals surface area contributed by atoms with Gasteiger partial charge in [0, 0.05) is 58.3 Å². The summed E-state index contributed by atoms with van der Waals surface area (Å²) in [5.41, 5.74) is 4.09. The fraction of sp³-hybridized carbons (Fsp3) is 0.148. The molecule has 1 aromatic carbocycles. The summed E-state index contributed by atoms with van der Waals surface area (Å²) >= 11 is 1.33. The molecule has 0 unspecified atom stereocenters. The number of benzene rings is 1. The Morgan fingerprint density at radius 1 is 0.615 bits per heavy atom. The summed E-state index contributed by atoms with van der Waals surface area (Å²) in [5, 5.41) is 0. The summed E-state index contributed by atoms with van der Waals surface area (Å²) in [7, 11) is 10.6. The van der Waals surface area contributed by atoms with E-state index in [4.69, 9.17) is 0 Å². The van der Waals surface area contributed by atoms with Gasteiger partial charge >= 0.3 is 27.2 Å². The summed E-state index contributed by atoms with van der Waals surface area (Å²) in [5.74, 6) is 2.86. The summed E-state index contributed by atoms with van der Waals surface area (Å²) in [6, 6.07) is 19.7. The van der Waals surface area contributed by atoms with Gasteiger partial charge in [-0.2, -0.15) is 0 Å². The van der Waals surface area contributed by atoms with Gasteiger partial charge in [0.25, 0.3) is 0 Å². The molecule has 0 bridgehead atoms. The molecule has 207 valence electrons. The molecule has 0 aliphatic carbocycles. The van der Waals surface area contributed by atoms with E-state index >= 15 is 0 Å². The molecular formula is C27H28Cl3N8Os-2. The van der Waals surface area contributed by atoms with Crippen LogP contribution < -0.4 is 24.8 Å². The first-order chi connectivity index (χ1) is 18.0. The minimum atomic E-state index is 0. The standard InChI is InChI=1S/2C9H9N3.C9H10N2.3ClH.Os/c2*1-12-7-6-11-9(12)8-4-2-3-5-10-8;1-7-10-8-5-3-4-6-9(8)11(7)2;;;;/h2*2-7H,1H3;3-6H,1-2H3;3*1H;/q;;;;;;+1/p-3. The molecule has 5 aromatic heterocycles. The van der Waals surface area contributed by atoms with Gasteiger partial charge in [0.1, 0.15) is 17.2 Å². The van der Waals surface area contributed by atoms with Crippen LogP contribution in [0.5, 0.6) is 0 Å². The monoisotopic (exact) mass is 761 g/mol. The molecule has 0 fully saturated rings. The summed E-state index contributed by atoms with van der Waals surface area (Å²) in [6.45, 7) is 2.01. The Balaban J connectivity index is 0.000000277. The predicted octanol–water partition coefficient (Wildman–Crippen LogP) is -0.459. The van der Waals surface area contributed by atoms with Crippen molar-refractivity contribution >= 4 is 20.7 Å². The number of nitrogens with zero attached hydrogens (tertiary/aromatic N) is 8. The fourth-order valence-electron chi connectivity index (χ4n) is 3.48. The number of hydrogen-bond acceptors (Lipinski definition) is 5. The third-order valence-corrected chi connectivity index (χ3v) is 5.44. The normalized spacial score (nSPS) is 9.38. The summed E-state index contributed by atoms with van der Waals surface area (Å²) in [6.07, 6.45) is 10.9. The quantitative estimate of drug-likeness (QED) is 0.239. The van der Waals surface area contributed by atoms with Crippen LogP contribution in [0.25, 0.3) is 34.1 Å². The molecule has 0 atom stereocenters. The number of hydrogen-bond donors (Lipinski definition) is 0. The van der Waals surface area contributed by atoms with Gasteiger partial charge in [-0.1, -0.05) is 24.3 Å². The molecule has 0 saturated heterocycles. The van der Waals surface area contributed by atoms with Crippen LogP contribution in [-0.4, -0.2) is 38.6 Å². The van der Waals surface area contributed by atoms with E-state index in [0.29, 0.717) is 0 Å². The number of para-hydroxylation sites is 2. The van der Waals surface area contributed by atoms with E-state index in [-0.39, 0.29) is 24.8 Å². The number of pyridine rings is 2. The zero-order chi connectivity index (χ0) is 26.6. The third-order valence-electron chi connectivity index (χ3n) is 5.44. The number of halogens is 3. The van der Waals surface area contributed by atoms with Gasteiger partial charge in [-0.05, 0) is 43.3 Å². The van der Waals surface area contributed by atoms with Crippen LogP contribution in [0.3, 0.4) is 0 Å². The van der Waals surface area contributed by atoms with Crippen LogP contribution in [0.2, 0.25) is 0 Å². The van der Waals surface area contributed by atoms with Gasteiger partial charge in [-0.3, -0.25) is 9.97 Å². The van der Waals surface area contributed by atoms with E-state index in [2.05, 4.69) is 45.2 Å². The Bertz CT molecular complexity index is 1430. The molecule has 6 rings (SSSR count). The Labute approximate surface area is 255 Å². The molecular weight excluding hydrogens is 733 g/mol. The third kappa shape index (κ3) is 9.26. The zero-order valence-corrected chi connectivity index (χ0v) is 26.6. The average Bonchev–Trinajstić information content (AvgIpc) is 3.66. The molecule has 8 nitrogen and oxygen atoms in total. The van der Waals surface area contributed by atoms with Gasteiger partial charge in [-0.25, -0.2) is 15.0 Å². The van der Waals surface area contributed by atoms with Crippen LogP contribution >= 0.6 is 9.64 Å². The number of aromatic nitrogens is 8. The van der Waals surface area contributed by atoms with Gasteiger partial charge in [0.05, 0.1) is 11.0 Å². The second kappa shape index (κ2) is 17.5. The Kier molecular flexibility index (Phi) is 15.2. The summed E-state index contributed by atoms with van der Waals surface area (Å²) < 4.78 is 5.99. The van der Waals surface area contributed by atoms with Crippen molar-refractivity contribution in [3.63, 3.8) is 0 Å². The first kappa shape index (κ1) is 33.9. The maximum atomic E-state index is 4.67. The van der Waals surface area contributed by atoms with Crippen LogP contribution in [0.1, 0.15) is 5.82 Å². The van der Waals surface area contributed by atoms with Gasteiger partial charge in [-0.15, -0.1) is 0 Å². The Morgan fingerprint density at radius 2 is 1.08 bits per heavy atom. The van der Waals surface area contributed by atoms with Gasteiger partial charge < -0.3 is 38.5 Å². The van der Waals surface area contributed by atoms with Crippen molar-refractivity contribution < 1.29 is 42.4 Å². The zero-order valence-electron chi connectivity index (χ0n) is 21.8. The molecule has 5 heterocycles. The summed E-state index contributed by atoms with van der Waals surface area (Å²) in [4.78, 5) is 21.1. The van der Waals surface area contributed by atoms with E-state index in [1.54, 1.807) is 24.8 Å². The first-order valence-corrected chi connectivity index (χ1v) is 14.5. The Morgan fingerprint density at radius 3 is 1.46 bits per heavy atom. The van der Waals surface area contributed by atoms with Crippen molar-refractivity contribution in [1.82, 2.24) is 38.6 Å². The average molecular weight is 761 g/mol. The van der Waals surface area contributed by atoms with Crippen molar-refractivity contribution in [3.8, 4) is 23.0 Å². The van der Waals surface area contributed by atoms with Gasteiger partial charge in [0.2, 0.25) is 0 Å². The SMILES string of the molecule is Cc1nc2ccccc2n1C.Cn1ccnc1-c1ccccn1.Cn1ccnc1-c1ccccn1.[Cl-].[Cl-].[Cl][Os]. The van der Waals surface area contributed by atoms with Crippen molar-refractivity contribution in [2.45, 2.75) is 6.92 Å². The molecule has 0 N–H and O–H groups in total. The minimum absolute atomic E-state index is 0.